The Bertz CT molecular complexity index is 1070. The van der Waals surface area contributed by atoms with Gasteiger partial charge in [-0.25, -0.2) is 4.98 Å². The number of halogens is 3. The molecule has 2 aromatic carbocycles. The van der Waals surface area contributed by atoms with Crippen LogP contribution in [0.1, 0.15) is 22.8 Å². The Labute approximate surface area is 183 Å². The van der Waals surface area contributed by atoms with E-state index in [1.165, 1.54) is 30.5 Å². The van der Waals surface area contributed by atoms with E-state index in [-0.39, 0.29) is 11.7 Å². The molecule has 0 spiro atoms. The van der Waals surface area contributed by atoms with Gasteiger partial charge in [0, 0.05) is 12.1 Å². The van der Waals surface area contributed by atoms with Gasteiger partial charge in [-0.05, 0) is 60.9 Å². The number of pyridine rings is 1. The van der Waals surface area contributed by atoms with E-state index in [9.17, 15) is 23.1 Å². The van der Waals surface area contributed by atoms with E-state index in [0.717, 1.165) is 0 Å². The molecule has 0 aliphatic rings. The lowest BCUT2D eigenvalue weighted by Gasteiger charge is -2.13. The molecule has 9 heteroatoms. The zero-order chi connectivity index (χ0) is 23.3. The summed E-state index contributed by atoms with van der Waals surface area (Å²) in [7, 11) is 0. The molecule has 0 unspecified atom stereocenters. The average Bonchev–Trinajstić information content (AvgIpc) is 2.73. The molecule has 168 valence electrons. The lowest BCUT2D eigenvalue weighted by molar-refractivity contribution is -0.274. The lowest BCUT2D eigenvalue weighted by Crippen LogP contribution is -2.17. The van der Waals surface area contributed by atoms with Crippen molar-refractivity contribution >= 4 is 17.4 Å². The smallest absolute Gasteiger partial charge is 0.406 e. The minimum absolute atomic E-state index is 0.313. The van der Waals surface area contributed by atoms with E-state index in [0.29, 0.717) is 40.3 Å². The van der Waals surface area contributed by atoms with Crippen molar-refractivity contribution in [1.82, 2.24) is 4.98 Å². The second-order valence-corrected chi connectivity index (χ2v) is 7.17. The van der Waals surface area contributed by atoms with Crippen LogP contribution >= 0.6 is 0 Å². The highest BCUT2D eigenvalue weighted by molar-refractivity contribution is 6.06. The molecule has 3 rings (SSSR count). The maximum atomic E-state index is 12.8. The normalized spacial score (nSPS) is 12.2. The highest BCUT2D eigenvalue weighted by Gasteiger charge is 2.31. The van der Waals surface area contributed by atoms with Crippen molar-refractivity contribution in [2.75, 3.05) is 17.2 Å². The number of aromatic nitrogens is 1. The fraction of sp³-hybridized carbons (Fsp3) is 0.217. The first-order chi connectivity index (χ1) is 15.1. The van der Waals surface area contributed by atoms with Gasteiger partial charge >= 0.3 is 6.36 Å². The first-order valence-corrected chi connectivity index (χ1v) is 9.77. The topological polar surface area (TPSA) is 83.5 Å². The number of nitrogens with zero attached hydrogens (tertiary/aromatic N) is 1. The second-order valence-electron chi connectivity index (χ2n) is 7.17. The van der Waals surface area contributed by atoms with Crippen molar-refractivity contribution in [3.05, 3.63) is 71.9 Å². The van der Waals surface area contributed by atoms with Gasteiger partial charge in [-0.2, -0.15) is 0 Å². The first-order valence-electron chi connectivity index (χ1n) is 9.77. The molecule has 0 bridgehead atoms. The van der Waals surface area contributed by atoms with Crippen LogP contribution in [0.4, 0.5) is 24.7 Å². The third kappa shape index (κ3) is 6.21. The van der Waals surface area contributed by atoms with Crippen LogP contribution in [-0.4, -0.2) is 35.0 Å². The molecule has 0 fully saturated rings. The van der Waals surface area contributed by atoms with Gasteiger partial charge < -0.3 is 20.5 Å². The minimum atomic E-state index is -4.75. The molecule has 1 heterocycles. The molecule has 1 atom stereocenters. The van der Waals surface area contributed by atoms with Crippen LogP contribution in [0.3, 0.4) is 0 Å². The van der Waals surface area contributed by atoms with Gasteiger partial charge in [0.2, 0.25) is 0 Å². The molecular weight excluding hydrogens is 423 g/mol. The summed E-state index contributed by atoms with van der Waals surface area (Å²) in [5.41, 5.74) is 2.97. The summed E-state index contributed by atoms with van der Waals surface area (Å²) in [6.45, 7) is 3.78. The van der Waals surface area contributed by atoms with Crippen LogP contribution < -0.4 is 15.4 Å². The number of hydrogen-bond donors (Lipinski definition) is 3. The molecule has 0 aliphatic heterocycles. The van der Waals surface area contributed by atoms with Crippen molar-refractivity contribution in [3.8, 4) is 16.9 Å². The minimum Gasteiger partial charge on any atom is -0.406 e. The second kappa shape index (κ2) is 9.69. The van der Waals surface area contributed by atoms with Crippen molar-refractivity contribution in [2.24, 2.45) is 0 Å². The number of carbonyl (C=O) groups excluding carboxylic acids is 1. The monoisotopic (exact) mass is 445 g/mol. The van der Waals surface area contributed by atoms with E-state index in [1.54, 1.807) is 44.2 Å². The summed E-state index contributed by atoms with van der Waals surface area (Å²) in [5, 5.41) is 15.0. The number of hydrogen-bond acceptors (Lipinski definition) is 5. The lowest BCUT2D eigenvalue weighted by atomic mass is 9.96. The molecule has 1 aromatic heterocycles. The number of aliphatic hydroxyl groups excluding tert-OH is 1. The van der Waals surface area contributed by atoms with Crippen molar-refractivity contribution in [3.63, 3.8) is 0 Å². The number of anilines is 2. The van der Waals surface area contributed by atoms with E-state index < -0.39 is 12.5 Å². The van der Waals surface area contributed by atoms with Crippen LogP contribution in [0, 0.1) is 6.92 Å². The van der Waals surface area contributed by atoms with Crippen molar-refractivity contribution in [2.45, 2.75) is 26.3 Å². The third-order valence-corrected chi connectivity index (χ3v) is 4.58. The van der Waals surface area contributed by atoms with Gasteiger partial charge in [-0.3, -0.25) is 4.79 Å². The number of benzene rings is 2. The number of carbonyl (C=O) groups is 1. The van der Waals surface area contributed by atoms with Gasteiger partial charge in [0.05, 0.1) is 18.0 Å². The number of rotatable bonds is 7. The summed E-state index contributed by atoms with van der Waals surface area (Å²) >= 11 is 0. The Balaban J connectivity index is 1.74. The fourth-order valence-electron chi connectivity index (χ4n) is 3.05. The van der Waals surface area contributed by atoms with E-state index in [1.807, 2.05) is 0 Å². The molecule has 6 nitrogen and oxygen atoms in total. The summed E-state index contributed by atoms with van der Waals surface area (Å²) in [5.74, 6) is -0.0837. The van der Waals surface area contributed by atoms with E-state index >= 15 is 0 Å². The molecular formula is C23H22F3N3O3. The zero-order valence-corrected chi connectivity index (χ0v) is 17.4. The Morgan fingerprint density at radius 3 is 2.44 bits per heavy atom. The van der Waals surface area contributed by atoms with Gasteiger partial charge in [0.15, 0.2) is 0 Å². The van der Waals surface area contributed by atoms with Gasteiger partial charge in [0.25, 0.3) is 5.91 Å². The summed E-state index contributed by atoms with van der Waals surface area (Å²) in [4.78, 5) is 17.0. The van der Waals surface area contributed by atoms with Crippen molar-refractivity contribution < 1.29 is 27.8 Å². The van der Waals surface area contributed by atoms with E-state index in [4.69, 9.17) is 0 Å². The first kappa shape index (κ1) is 23.1. The zero-order valence-electron chi connectivity index (χ0n) is 17.4. The van der Waals surface area contributed by atoms with Gasteiger partial charge in [0.1, 0.15) is 11.6 Å². The molecule has 0 saturated heterocycles. The maximum absolute atomic E-state index is 12.8. The van der Waals surface area contributed by atoms with E-state index in [2.05, 4.69) is 20.4 Å². The van der Waals surface area contributed by atoms with Crippen LogP contribution in [0.2, 0.25) is 0 Å². The molecule has 1 amide bonds. The maximum Gasteiger partial charge on any atom is 0.573 e. The largest absolute Gasteiger partial charge is 0.573 e. The number of alkyl halides is 3. The van der Waals surface area contributed by atoms with Crippen LogP contribution in [0.15, 0.2) is 60.8 Å². The molecule has 3 aromatic rings. The van der Waals surface area contributed by atoms with Gasteiger partial charge in [-0.1, -0.05) is 24.3 Å². The Kier molecular flexibility index (Phi) is 6.99. The molecule has 0 saturated carbocycles. The Morgan fingerprint density at radius 1 is 1.12 bits per heavy atom. The van der Waals surface area contributed by atoms with Crippen LogP contribution in [0.5, 0.6) is 5.75 Å². The summed E-state index contributed by atoms with van der Waals surface area (Å²) in [6.07, 6.45) is -3.77. The summed E-state index contributed by atoms with van der Waals surface area (Å²) in [6, 6.07) is 14.0. The highest BCUT2D eigenvalue weighted by atomic mass is 19.4. The standard InChI is InChI=1S/C23H22F3N3O3/c1-14(30)12-27-21-11-8-17(13-28-21)29-22(31)20-5-3-4-19(15(20)2)16-6-9-18(10-7-16)32-23(24,25)26/h3-11,13-14,30H,12H2,1-2H3,(H,27,28)(H,29,31)/t14-/m1/s1. The predicted octanol–water partition coefficient (Wildman–Crippen LogP) is 5.00. The number of ether oxygens (including phenoxy) is 1. The SMILES string of the molecule is Cc1c(C(=O)Nc2ccc(NC[C@@H](C)O)nc2)cccc1-c1ccc(OC(F)(F)F)cc1. The number of nitrogens with one attached hydrogen (secondary N) is 2. The molecule has 0 aliphatic carbocycles. The quantitative estimate of drug-likeness (QED) is 0.477. The molecule has 3 N–H and O–H groups in total. The van der Waals surface area contributed by atoms with Crippen LogP contribution in [0.25, 0.3) is 11.1 Å². The third-order valence-electron chi connectivity index (χ3n) is 4.58. The number of aliphatic hydroxyl groups is 1. The summed E-state index contributed by atoms with van der Waals surface area (Å²) < 4.78 is 41.0. The Morgan fingerprint density at radius 2 is 1.84 bits per heavy atom. The highest BCUT2D eigenvalue weighted by Crippen LogP contribution is 2.29. The average molecular weight is 445 g/mol. The Hall–Kier alpha value is -3.59. The predicted molar refractivity (Wildman–Crippen MR) is 116 cm³/mol. The van der Waals surface area contributed by atoms with Gasteiger partial charge in [-0.15, -0.1) is 13.2 Å². The fourth-order valence-corrected chi connectivity index (χ4v) is 3.05. The van der Waals surface area contributed by atoms with Crippen LogP contribution in [-0.2, 0) is 0 Å². The molecule has 0 radical (unpaired) electrons. The molecule has 32 heavy (non-hydrogen) atoms. The van der Waals surface area contributed by atoms with Crippen molar-refractivity contribution in [1.29, 1.82) is 0 Å². The number of amides is 1.